The second-order valence-corrected chi connectivity index (χ2v) is 6.74. The molecule has 1 N–H and O–H groups in total. The molecule has 3 aromatic carbocycles. The van der Waals surface area contributed by atoms with Gasteiger partial charge < -0.3 is 5.11 Å². The van der Waals surface area contributed by atoms with Gasteiger partial charge in [-0.15, -0.1) is 0 Å². The van der Waals surface area contributed by atoms with E-state index < -0.39 is 0 Å². The van der Waals surface area contributed by atoms with Crippen molar-refractivity contribution in [1.29, 1.82) is 0 Å². The van der Waals surface area contributed by atoms with Crippen LogP contribution in [0.1, 0.15) is 5.69 Å². The molecule has 0 saturated carbocycles. The van der Waals surface area contributed by atoms with Gasteiger partial charge in [-0.05, 0) is 17.2 Å². The zero-order valence-electron chi connectivity index (χ0n) is 15.2. The van der Waals surface area contributed by atoms with E-state index in [0.717, 1.165) is 44.1 Å². The Morgan fingerprint density at radius 2 is 1.32 bits per heavy atom. The summed E-state index contributed by atoms with van der Waals surface area (Å²) in [7, 11) is 0. The average Bonchev–Trinajstić information content (AvgIpc) is 2.78. The topological polar surface area (TPSA) is 46.0 Å². The maximum Gasteiger partial charge on any atom is 0.0975 e. The van der Waals surface area contributed by atoms with Crippen LogP contribution in [0.15, 0.2) is 91.1 Å². The maximum atomic E-state index is 10.2. The first kappa shape index (κ1) is 16.6. The summed E-state index contributed by atoms with van der Waals surface area (Å²) in [5, 5.41) is 12.3. The van der Waals surface area contributed by atoms with Crippen LogP contribution in [0.5, 0.6) is 0 Å². The highest BCUT2D eigenvalue weighted by Crippen LogP contribution is 2.40. The lowest BCUT2D eigenvalue weighted by atomic mass is 9.89. The van der Waals surface area contributed by atoms with Crippen molar-refractivity contribution in [2.75, 3.05) is 0 Å². The molecule has 5 aromatic rings. The zero-order valence-corrected chi connectivity index (χ0v) is 15.2. The van der Waals surface area contributed by atoms with Gasteiger partial charge in [0.1, 0.15) is 0 Å². The molecule has 0 aliphatic heterocycles. The Balaban J connectivity index is 1.99. The minimum absolute atomic E-state index is 0.136. The Labute approximate surface area is 163 Å². The van der Waals surface area contributed by atoms with Crippen LogP contribution in [0, 0.1) is 0 Å². The fourth-order valence-corrected chi connectivity index (χ4v) is 3.85. The molecule has 0 aliphatic rings. The molecule has 0 bridgehead atoms. The number of hydrogen-bond acceptors (Lipinski definition) is 3. The van der Waals surface area contributed by atoms with Crippen LogP contribution >= 0.6 is 0 Å². The maximum absolute atomic E-state index is 10.2. The van der Waals surface area contributed by atoms with E-state index in [9.17, 15) is 5.11 Å². The third kappa shape index (κ3) is 2.65. The number of pyridine rings is 2. The monoisotopic (exact) mass is 362 g/mol. The predicted molar refractivity (Wildman–Crippen MR) is 114 cm³/mol. The molecule has 134 valence electrons. The van der Waals surface area contributed by atoms with E-state index in [2.05, 4.69) is 41.4 Å². The summed E-state index contributed by atoms with van der Waals surface area (Å²) in [6, 6.07) is 28.6. The normalized spacial score (nSPS) is 11.2. The number of aromatic nitrogens is 2. The molecule has 0 amide bonds. The number of aliphatic hydroxyl groups excluding tert-OH is 1. The number of fused-ring (bicyclic) bond motifs is 3. The lowest BCUT2D eigenvalue weighted by Crippen LogP contribution is -2.00. The highest BCUT2D eigenvalue weighted by atomic mass is 16.3. The molecule has 0 spiro atoms. The average molecular weight is 362 g/mol. The third-order valence-corrected chi connectivity index (χ3v) is 5.08. The van der Waals surface area contributed by atoms with Crippen LogP contribution < -0.4 is 0 Å². The van der Waals surface area contributed by atoms with Crippen molar-refractivity contribution in [3.05, 3.63) is 96.8 Å². The van der Waals surface area contributed by atoms with Gasteiger partial charge in [-0.2, -0.15) is 0 Å². The van der Waals surface area contributed by atoms with Gasteiger partial charge in [0.25, 0.3) is 0 Å². The van der Waals surface area contributed by atoms with Crippen molar-refractivity contribution < 1.29 is 5.11 Å². The first-order chi connectivity index (χ1) is 13.9. The number of rotatable bonds is 3. The molecular formula is C25H18N2O. The molecule has 3 nitrogen and oxygen atoms in total. The van der Waals surface area contributed by atoms with E-state index in [0.29, 0.717) is 5.69 Å². The Morgan fingerprint density at radius 3 is 2.00 bits per heavy atom. The molecule has 5 rings (SSSR count). The lowest BCUT2D eigenvalue weighted by molar-refractivity contribution is 0.278. The minimum Gasteiger partial charge on any atom is -0.390 e. The van der Waals surface area contributed by atoms with E-state index in [1.165, 1.54) is 0 Å². The number of aliphatic hydroxyl groups is 1. The van der Waals surface area contributed by atoms with Gasteiger partial charge in [-0.3, -0.25) is 4.98 Å². The van der Waals surface area contributed by atoms with Crippen LogP contribution in [0.2, 0.25) is 0 Å². The molecule has 0 atom stereocenters. The van der Waals surface area contributed by atoms with Crippen LogP contribution in [0.4, 0.5) is 0 Å². The fourth-order valence-electron chi connectivity index (χ4n) is 3.85. The van der Waals surface area contributed by atoms with Gasteiger partial charge in [0, 0.05) is 28.1 Å². The lowest BCUT2D eigenvalue weighted by Gasteiger charge is -2.18. The van der Waals surface area contributed by atoms with Gasteiger partial charge in [0.15, 0.2) is 0 Å². The summed E-state index contributed by atoms with van der Waals surface area (Å²) in [6.07, 6.45) is 1.79. The summed E-state index contributed by atoms with van der Waals surface area (Å²) < 4.78 is 0. The molecule has 2 heterocycles. The summed E-state index contributed by atoms with van der Waals surface area (Å²) >= 11 is 0. The van der Waals surface area contributed by atoms with Gasteiger partial charge in [0.05, 0.1) is 23.3 Å². The fraction of sp³-hybridized carbons (Fsp3) is 0.0400. The van der Waals surface area contributed by atoms with Crippen molar-refractivity contribution >= 4 is 21.8 Å². The Bertz CT molecular complexity index is 1280. The molecule has 0 unspecified atom stereocenters. The number of nitrogens with zero attached hydrogens (tertiary/aromatic N) is 2. The molecule has 0 radical (unpaired) electrons. The summed E-state index contributed by atoms with van der Waals surface area (Å²) in [5.41, 5.74) is 6.52. The predicted octanol–water partition coefficient (Wildman–Crippen LogP) is 5.61. The second-order valence-electron chi connectivity index (χ2n) is 6.74. The summed E-state index contributed by atoms with van der Waals surface area (Å²) in [5.74, 6) is 0. The zero-order chi connectivity index (χ0) is 18.9. The van der Waals surface area contributed by atoms with Crippen molar-refractivity contribution in [2.45, 2.75) is 6.61 Å². The Kier molecular flexibility index (Phi) is 4.08. The Hall–Kier alpha value is -3.56. The van der Waals surface area contributed by atoms with Gasteiger partial charge in [-0.1, -0.05) is 78.9 Å². The van der Waals surface area contributed by atoms with Crippen LogP contribution in [0.25, 0.3) is 44.1 Å². The van der Waals surface area contributed by atoms with E-state index in [1.54, 1.807) is 6.20 Å². The quantitative estimate of drug-likeness (QED) is 0.424. The summed E-state index contributed by atoms with van der Waals surface area (Å²) in [4.78, 5) is 9.45. The molecular weight excluding hydrogens is 344 g/mol. The summed E-state index contributed by atoms with van der Waals surface area (Å²) in [6.45, 7) is -0.136. The molecule has 0 saturated heterocycles. The van der Waals surface area contributed by atoms with Crippen LogP contribution in [-0.2, 0) is 6.61 Å². The van der Waals surface area contributed by atoms with Crippen molar-refractivity contribution in [1.82, 2.24) is 9.97 Å². The Morgan fingerprint density at radius 1 is 0.643 bits per heavy atom. The van der Waals surface area contributed by atoms with Crippen LogP contribution in [-0.4, -0.2) is 15.1 Å². The standard InChI is InChI=1S/C25H18N2O/c28-16-21-23(18-10-5-2-6-11-18)22(17-8-3-1-4-9-17)20-14-13-19-12-7-15-26-24(19)25(20)27-21/h1-15,28H,16H2. The van der Waals surface area contributed by atoms with Crippen LogP contribution in [0.3, 0.4) is 0 Å². The highest BCUT2D eigenvalue weighted by molar-refractivity contribution is 6.11. The smallest absolute Gasteiger partial charge is 0.0975 e. The first-order valence-corrected chi connectivity index (χ1v) is 9.29. The van der Waals surface area contributed by atoms with Crippen molar-refractivity contribution in [3.8, 4) is 22.3 Å². The van der Waals surface area contributed by atoms with Crippen molar-refractivity contribution in [3.63, 3.8) is 0 Å². The van der Waals surface area contributed by atoms with E-state index >= 15 is 0 Å². The number of hydrogen-bond donors (Lipinski definition) is 1. The largest absolute Gasteiger partial charge is 0.390 e. The second kappa shape index (κ2) is 6.87. The SMILES string of the molecule is OCc1nc2c(ccc3cccnc32)c(-c2ccccc2)c1-c1ccccc1. The van der Waals surface area contributed by atoms with Crippen molar-refractivity contribution in [2.24, 2.45) is 0 Å². The van der Waals surface area contributed by atoms with Gasteiger partial charge in [0.2, 0.25) is 0 Å². The third-order valence-electron chi connectivity index (χ3n) is 5.08. The molecule has 3 heteroatoms. The molecule has 0 aliphatic carbocycles. The first-order valence-electron chi connectivity index (χ1n) is 9.29. The van der Waals surface area contributed by atoms with E-state index in [4.69, 9.17) is 4.98 Å². The molecule has 28 heavy (non-hydrogen) atoms. The molecule has 2 aromatic heterocycles. The van der Waals surface area contributed by atoms with E-state index in [1.807, 2.05) is 48.5 Å². The minimum atomic E-state index is -0.136. The number of benzene rings is 3. The molecule has 0 fully saturated rings. The van der Waals surface area contributed by atoms with Gasteiger partial charge in [-0.25, -0.2) is 4.98 Å². The van der Waals surface area contributed by atoms with E-state index in [-0.39, 0.29) is 6.61 Å². The highest BCUT2D eigenvalue weighted by Gasteiger charge is 2.19. The van der Waals surface area contributed by atoms with Gasteiger partial charge >= 0.3 is 0 Å².